The molecule has 3 fully saturated rings. The number of fused-ring (bicyclic) bond motifs is 3. The summed E-state index contributed by atoms with van der Waals surface area (Å²) >= 11 is 0. The van der Waals surface area contributed by atoms with E-state index in [4.69, 9.17) is 0 Å². The van der Waals surface area contributed by atoms with Crippen LogP contribution >= 0.6 is 0 Å². The minimum absolute atomic E-state index is 0.0492. The molecule has 8 nitrogen and oxygen atoms in total. The Balaban J connectivity index is 1.44. The molecule has 0 radical (unpaired) electrons. The predicted molar refractivity (Wildman–Crippen MR) is 153 cm³/mol. The van der Waals surface area contributed by atoms with Crippen molar-refractivity contribution in [2.24, 2.45) is 11.8 Å². The monoisotopic (exact) mass is 591 g/mol. The maximum atomic E-state index is 14.5. The van der Waals surface area contributed by atoms with Crippen LogP contribution in [0.3, 0.4) is 0 Å². The number of hydrogen-bond donors (Lipinski definition) is 1. The fourth-order valence-electron chi connectivity index (χ4n) is 6.67. The molecule has 2 amide bonds. The molecule has 0 spiro atoms. The lowest BCUT2D eigenvalue weighted by Gasteiger charge is -2.55. The number of sulfone groups is 2. The van der Waals surface area contributed by atoms with Gasteiger partial charge in [-0.05, 0) is 66.3 Å². The fraction of sp³-hybridized carbons (Fsp3) is 0.552. The van der Waals surface area contributed by atoms with E-state index < -0.39 is 25.7 Å². The zero-order valence-electron chi connectivity index (χ0n) is 23.0. The molecule has 1 heterocycles. The molecule has 0 unspecified atom stereocenters. The van der Waals surface area contributed by atoms with E-state index in [2.05, 4.69) is 11.4 Å². The smallest absolute Gasteiger partial charge is 0.320 e. The van der Waals surface area contributed by atoms with Gasteiger partial charge in [-0.3, -0.25) is 0 Å². The van der Waals surface area contributed by atoms with Gasteiger partial charge in [0.25, 0.3) is 0 Å². The van der Waals surface area contributed by atoms with Crippen molar-refractivity contribution in [3.8, 4) is 0 Å². The summed E-state index contributed by atoms with van der Waals surface area (Å²) in [5, 5.41) is 3.41. The van der Waals surface area contributed by atoms with Crippen LogP contribution in [0.1, 0.15) is 42.0 Å². The van der Waals surface area contributed by atoms with E-state index in [9.17, 15) is 26.0 Å². The second kappa shape index (κ2) is 11.4. The van der Waals surface area contributed by atoms with Crippen LogP contribution in [0.15, 0.2) is 48.5 Å². The summed E-state index contributed by atoms with van der Waals surface area (Å²) in [5.41, 5.74) is 2.93. The van der Waals surface area contributed by atoms with Crippen molar-refractivity contribution in [1.82, 2.24) is 15.1 Å². The number of rotatable bonds is 9. The van der Waals surface area contributed by atoms with Crippen LogP contribution in [-0.4, -0.2) is 88.4 Å². The molecule has 11 heteroatoms. The molecule has 3 saturated carbocycles. The molecule has 2 aromatic rings. The number of nitrogens with one attached hydrogen (secondary N) is 1. The highest BCUT2D eigenvalue weighted by atomic mass is 32.2. The Morgan fingerprint density at radius 3 is 2.30 bits per heavy atom. The molecule has 1 aliphatic heterocycles. The molecule has 0 saturated heterocycles. The van der Waals surface area contributed by atoms with Crippen LogP contribution < -0.4 is 5.32 Å². The molecule has 1 N–H and O–H groups in total. The van der Waals surface area contributed by atoms with Gasteiger partial charge in [0.2, 0.25) is 0 Å². The van der Waals surface area contributed by atoms with Crippen molar-refractivity contribution in [2.75, 3.05) is 43.7 Å². The fourth-order valence-corrected chi connectivity index (χ4v) is 7.68. The number of hydrogen-bond acceptors (Lipinski definition) is 6. The van der Waals surface area contributed by atoms with Crippen molar-refractivity contribution < 1.29 is 26.0 Å². The summed E-state index contributed by atoms with van der Waals surface area (Å²) in [5.74, 6) is 0.275. The molecule has 4 aliphatic rings. The average Bonchev–Trinajstić information content (AvgIpc) is 2.86. The second-order valence-electron chi connectivity index (χ2n) is 11.7. The predicted octanol–water partition coefficient (Wildman–Crippen LogP) is 3.04. The van der Waals surface area contributed by atoms with E-state index in [-0.39, 0.29) is 47.9 Å². The zero-order valence-corrected chi connectivity index (χ0v) is 24.6. The molecule has 3 aliphatic carbocycles. The van der Waals surface area contributed by atoms with Crippen LogP contribution in [0.5, 0.6) is 0 Å². The quantitative estimate of drug-likeness (QED) is 0.481. The lowest BCUT2D eigenvalue weighted by molar-refractivity contribution is -0.0113. The molecule has 2 aromatic carbocycles. The van der Waals surface area contributed by atoms with E-state index in [1.807, 2.05) is 23.1 Å². The Morgan fingerprint density at radius 2 is 1.62 bits per heavy atom. The lowest BCUT2D eigenvalue weighted by Crippen LogP contribution is -2.62. The van der Waals surface area contributed by atoms with Crippen LogP contribution in [0.25, 0.3) is 0 Å². The number of halogens is 1. The summed E-state index contributed by atoms with van der Waals surface area (Å²) in [7, 11) is -6.42. The van der Waals surface area contributed by atoms with Gasteiger partial charge in [-0.2, -0.15) is 0 Å². The third-order valence-electron chi connectivity index (χ3n) is 8.76. The summed E-state index contributed by atoms with van der Waals surface area (Å²) < 4.78 is 61.6. The molecular formula is C29H38FN3O5S2. The number of carbonyl (C=O) groups excluding carboxylic acids is 1. The van der Waals surface area contributed by atoms with Gasteiger partial charge in [0.1, 0.15) is 25.5 Å². The Morgan fingerprint density at radius 1 is 0.950 bits per heavy atom. The lowest BCUT2D eigenvalue weighted by atomic mass is 9.60. The Kier molecular flexibility index (Phi) is 8.27. The first kappa shape index (κ1) is 29.0. The number of amides is 2. The molecule has 2 bridgehead atoms. The first-order valence-electron chi connectivity index (χ1n) is 13.9. The second-order valence-corrected chi connectivity index (χ2v) is 16.2. The normalized spacial score (nSPS) is 26.1. The Bertz CT molecular complexity index is 1440. The summed E-state index contributed by atoms with van der Waals surface area (Å²) in [6.07, 6.45) is 5.58. The van der Waals surface area contributed by atoms with Crippen LogP contribution in [0.4, 0.5) is 9.18 Å². The average molecular weight is 592 g/mol. The highest BCUT2D eigenvalue weighted by Crippen LogP contribution is 2.48. The zero-order chi connectivity index (χ0) is 28.7. The highest BCUT2D eigenvalue weighted by molar-refractivity contribution is 7.90. The Labute approximate surface area is 236 Å². The van der Waals surface area contributed by atoms with Crippen molar-refractivity contribution in [3.63, 3.8) is 0 Å². The van der Waals surface area contributed by atoms with Crippen molar-refractivity contribution >= 4 is 25.7 Å². The van der Waals surface area contributed by atoms with E-state index in [1.54, 1.807) is 17.0 Å². The third kappa shape index (κ3) is 6.52. The van der Waals surface area contributed by atoms with E-state index in [1.165, 1.54) is 24.6 Å². The molecular weight excluding hydrogens is 553 g/mol. The Hall–Kier alpha value is -2.50. The number of carbonyl (C=O) groups is 1. The molecule has 6 rings (SSSR count). The first-order valence-corrected chi connectivity index (χ1v) is 18.0. The van der Waals surface area contributed by atoms with Gasteiger partial charge >= 0.3 is 6.03 Å². The van der Waals surface area contributed by atoms with Gasteiger partial charge in [-0.1, -0.05) is 36.4 Å². The van der Waals surface area contributed by atoms with Crippen LogP contribution in [0.2, 0.25) is 0 Å². The highest BCUT2D eigenvalue weighted by Gasteiger charge is 2.50. The number of urea groups is 1. The number of nitrogens with zero attached hydrogens (tertiary/aromatic N) is 2. The topological polar surface area (TPSA) is 104 Å². The van der Waals surface area contributed by atoms with E-state index in [0.717, 1.165) is 29.5 Å². The molecule has 218 valence electrons. The minimum Gasteiger partial charge on any atom is -0.320 e. The van der Waals surface area contributed by atoms with Gasteiger partial charge < -0.3 is 15.1 Å². The molecule has 40 heavy (non-hydrogen) atoms. The maximum absolute atomic E-state index is 14.5. The summed E-state index contributed by atoms with van der Waals surface area (Å²) in [6, 6.07) is 13.5. The van der Waals surface area contributed by atoms with Gasteiger partial charge in [0.15, 0.2) is 0 Å². The maximum Gasteiger partial charge on any atom is 0.321 e. The van der Waals surface area contributed by atoms with Gasteiger partial charge in [-0.15, -0.1) is 0 Å². The van der Waals surface area contributed by atoms with E-state index in [0.29, 0.717) is 31.8 Å². The van der Waals surface area contributed by atoms with Gasteiger partial charge in [0.05, 0.1) is 17.5 Å². The number of benzene rings is 2. The summed E-state index contributed by atoms with van der Waals surface area (Å²) in [4.78, 5) is 18.0. The standard InChI is InChI=1S/C29H38FN3O5S2/c1-39(35,36)15-12-31-26-19-27(23-17-22(26)18-23)32(14-16-40(2,37)38)29(34)33-13-11-20-5-3-4-6-25(20)28(33)21-7-9-24(30)10-8-21/h3-10,22-23,26-28,31H,11-19H2,1-2H3/t22?,23?,26-,27+,28-/m0/s1. The van der Waals surface area contributed by atoms with Crippen LogP contribution in [0, 0.1) is 17.7 Å². The third-order valence-corrected chi connectivity index (χ3v) is 10.6. The van der Waals surface area contributed by atoms with Crippen molar-refractivity contribution in [1.29, 1.82) is 0 Å². The van der Waals surface area contributed by atoms with Gasteiger partial charge in [0, 0.05) is 44.2 Å². The molecule has 0 aromatic heterocycles. The van der Waals surface area contributed by atoms with Crippen LogP contribution in [-0.2, 0) is 26.1 Å². The summed E-state index contributed by atoms with van der Waals surface area (Å²) in [6.45, 7) is 0.904. The largest absolute Gasteiger partial charge is 0.321 e. The van der Waals surface area contributed by atoms with Crippen molar-refractivity contribution in [3.05, 3.63) is 71.0 Å². The molecule has 3 atom stereocenters. The minimum atomic E-state index is -3.33. The SMILES string of the molecule is CS(=O)(=O)CCN[C@H]1C[C@@H](N(CCS(C)(=O)=O)C(=O)N2CCc3ccccc3[C@@H]2c2ccc(F)cc2)C2CC1C2. The van der Waals surface area contributed by atoms with E-state index >= 15 is 0 Å². The van der Waals surface area contributed by atoms with Gasteiger partial charge in [-0.25, -0.2) is 26.0 Å². The van der Waals surface area contributed by atoms with Crippen molar-refractivity contribution in [2.45, 2.75) is 43.8 Å². The first-order chi connectivity index (χ1) is 18.9.